The molecule has 0 saturated carbocycles. The number of hydrogen-bond donors (Lipinski definition) is 1. The average molecular weight is 441 g/mol. The van der Waals surface area contributed by atoms with Crippen molar-refractivity contribution >= 4 is 11.8 Å². The van der Waals surface area contributed by atoms with Crippen LogP contribution in [0.25, 0.3) is 0 Å². The van der Waals surface area contributed by atoms with Crippen molar-refractivity contribution in [2.24, 2.45) is 0 Å². The molecule has 0 radical (unpaired) electrons. The fourth-order valence-electron chi connectivity index (χ4n) is 3.54. The summed E-state index contributed by atoms with van der Waals surface area (Å²) >= 11 is 0. The Kier molecular flexibility index (Phi) is 10.6. The molecule has 0 spiro atoms. The molecule has 174 valence electrons. The van der Waals surface area contributed by atoms with Gasteiger partial charge in [-0.05, 0) is 63.8 Å². The number of nitrogens with zero attached hydrogens (tertiary/aromatic N) is 1. The molecule has 32 heavy (non-hydrogen) atoms. The molecular formula is C26H36N2O4. The molecule has 0 unspecified atom stereocenters. The first-order valence-corrected chi connectivity index (χ1v) is 11.5. The smallest absolute Gasteiger partial charge is 0.242 e. The highest BCUT2D eigenvalue weighted by molar-refractivity contribution is 5.87. The van der Waals surface area contributed by atoms with E-state index in [0.717, 1.165) is 11.1 Å². The molecule has 0 aliphatic rings. The van der Waals surface area contributed by atoms with Crippen molar-refractivity contribution in [3.8, 4) is 11.5 Å². The molecule has 2 rings (SSSR count). The topological polar surface area (TPSA) is 67.9 Å². The van der Waals surface area contributed by atoms with Crippen LogP contribution in [-0.2, 0) is 22.4 Å². The van der Waals surface area contributed by atoms with Gasteiger partial charge in [-0.1, -0.05) is 36.4 Å². The zero-order valence-electron chi connectivity index (χ0n) is 19.7. The van der Waals surface area contributed by atoms with Gasteiger partial charge < -0.3 is 19.7 Å². The Labute approximate surface area is 191 Å². The van der Waals surface area contributed by atoms with E-state index in [1.54, 1.807) is 11.8 Å². The van der Waals surface area contributed by atoms with Gasteiger partial charge in [-0.2, -0.15) is 0 Å². The summed E-state index contributed by atoms with van der Waals surface area (Å²) in [5.41, 5.74) is 2.14. The molecule has 6 nitrogen and oxygen atoms in total. The third-order valence-corrected chi connectivity index (χ3v) is 5.24. The zero-order chi connectivity index (χ0) is 23.3. The third kappa shape index (κ3) is 7.59. The summed E-state index contributed by atoms with van der Waals surface area (Å²) in [6, 6.07) is 15.3. The minimum Gasteiger partial charge on any atom is -0.490 e. The Balaban J connectivity index is 2.09. The molecule has 2 aromatic rings. The Morgan fingerprint density at radius 1 is 0.906 bits per heavy atom. The highest BCUT2D eigenvalue weighted by atomic mass is 16.5. The van der Waals surface area contributed by atoms with Crippen LogP contribution in [0, 0.1) is 0 Å². The molecule has 1 atom stereocenters. The molecule has 2 amide bonds. The van der Waals surface area contributed by atoms with Gasteiger partial charge in [0.15, 0.2) is 11.5 Å². The van der Waals surface area contributed by atoms with Gasteiger partial charge in [-0.15, -0.1) is 0 Å². The van der Waals surface area contributed by atoms with Gasteiger partial charge in [0.25, 0.3) is 0 Å². The van der Waals surface area contributed by atoms with E-state index in [-0.39, 0.29) is 11.8 Å². The van der Waals surface area contributed by atoms with Gasteiger partial charge in [0, 0.05) is 19.5 Å². The number of carbonyl (C=O) groups is 2. The van der Waals surface area contributed by atoms with E-state index in [1.807, 2.05) is 69.3 Å². The van der Waals surface area contributed by atoms with E-state index in [4.69, 9.17) is 9.47 Å². The number of carbonyl (C=O) groups excluding carboxylic acids is 2. The molecule has 0 bridgehead atoms. The summed E-state index contributed by atoms with van der Waals surface area (Å²) < 4.78 is 11.3. The van der Waals surface area contributed by atoms with Gasteiger partial charge in [-0.3, -0.25) is 9.59 Å². The normalized spacial score (nSPS) is 11.5. The second kappa shape index (κ2) is 13.4. The maximum Gasteiger partial charge on any atom is 0.242 e. The van der Waals surface area contributed by atoms with Gasteiger partial charge >= 0.3 is 0 Å². The highest BCUT2D eigenvalue weighted by Crippen LogP contribution is 2.29. The maximum atomic E-state index is 13.2. The second-order valence-corrected chi connectivity index (χ2v) is 7.54. The van der Waals surface area contributed by atoms with E-state index in [1.165, 1.54) is 0 Å². The lowest BCUT2D eigenvalue weighted by Crippen LogP contribution is -2.48. The van der Waals surface area contributed by atoms with Gasteiger partial charge in [0.05, 0.1) is 13.2 Å². The summed E-state index contributed by atoms with van der Waals surface area (Å²) in [7, 11) is 0. The van der Waals surface area contributed by atoms with Crippen molar-refractivity contribution in [1.82, 2.24) is 10.2 Å². The predicted molar refractivity (Wildman–Crippen MR) is 127 cm³/mol. The van der Waals surface area contributed by atoms with Crippen molar-refractivity contribution in [2.45, 2.75) is 53.0 Å². The number of likely N-dealkylation sites (N-methyl/N-ethyl adjacent to an activating group) is 1. The quantitative estimate of drug-likeness (QED) is 0.511. The van der Waals surface area contributed by atoms with E-state index in [9.17, 15) is 9.59 Å². The van der Waals surface area contributed by atoms with Crippen LogP contribution in [0.5, 0.6) is 11.5 Å². The third-order valence-electron chi connectivity index (χ3n) is 5.24. The summed E-state index contributed by atoms with van der Waals surface area (Å²) in [6.07, 6.45) is 1.58. The molecule has 0 saturated heterocycles. The van der Waals surface area contributed by atoms with Crippen LogP contribution in [0.4, 0.5) is 0 Å². The van der Waals surface area contributed by atoms with Crippen molar-refractivity contribution in [1.29, 1.82) is 0 Å². The van der Waals surface area contributed by atoms with Crippen molar-refractivity contribution in [3.63, 3.8) is 0 Å². The second-order valence-electron chi connectivity index (χ2n) is 7.54. The zero-order valence-corrected chi connectivity index (χ0v) is 19.7. The van der Waals surface area contributed by atoms with E-state index < -0.39 is 6.04 Å². The fourth-order valence-corrected chi connectivity index (χ4v) is 3.54. The largest absolute Gasteiger partial charge is 0.490 e. The van der Waals surface area contributed by atoms with Crippen molar-refractivity contribution in [2.75, 3.05) is 26.3 Å². The number of amides is 2. The lowest BCUT2D eigenvalue weighted by molar-refractivity contribution is -0.139. The van der Waals surface area contributed by atoms with Gasteiger partial charge in [0.2, 0.25) is 11.8 Å². The van der Waals surface area contributed by atoms with Crippen molar-refractivity contribution < 1.29 is 19.1 Å². The van der Waals surface area contributed by atoms with Crippen LogP contribution in [0.15, 0.2) is 48.5 Å². The van der Waals surface area contributed by atoms with Crippen molar-refractivity contribution in [3.05, 3.63) is 59.7 Å². The summed E-state index contributed by atoms with van der Waals surface area (Å²) in [5.74, 6) is 1.23. The first kappa shape index (κ1) is 25.2. The summed E-state index contributed by atoms with van der Waals surface area (Å²) in [5, 5.41) is 2.83. The molecular weight excluding hydrogens is 404 g/mol. The maximum absolute atomic E-state index is 13.2. The van der Waals surface area contributed by atoms with Gasteiger partial charge in [-0.25, -0.2) is 0 Å². The highest BCUT2D eigenvalue weighted by Gasteiger charge is 2.25. The molecule has 0 aromatic heterocycles. The number of hydrogen-bond acceptors (Lipinski definition) is 4. The molecule has 0 aliphatic carbocycles. The molecule has 0 aliphatic heterocycles. The number of benzene rings is 2. The number of rotatable bonds is 13. The Bertz CT molecular complexity index is 854. The Hall–Kier alpha value is -3.02. The first-order valence-electron chi connectivity index (χ1n) is 11.5. The number of ether oxygens (including phenoxy) is 2. The molecule has 0 heterocycles. The van der Waals surface area contributed by atoms with Crippen LogP contribution in [0.3, 0.4) is 0 Å². The lowest BCUT2D eigenvalue weighted by Gasteiger charge is -2.28. The van der Waals surface area contributed by atoms with Crippen LogP contribution in [-0.4, -0.2) is 49.1 Å². The van der Waals surface area contributed by atoms with Crippen LogP contribution in [0.1, 0.15) is 45.2 Å². The van der Waals surface area contributed by atoms with Crippen LogP contribution in [0.2, 0.25) is 0 Å². The monoisotopic (exact) mass is 440 g/mol. The average Bonchev–Trinajstić information content (AvgIpc) is 2.80. The van der Waals surface area contributed by atoms with Crippen LogP contribution < -0.4 is 14.8 Å². The molecule has 6 heteroatoms. The minimum absolute atomic E-state index is 0.0356. The predicted octanol–water partition coefficient (Wildman–Crippen LogP) is 4.01. The Morgan fingerprint density at radius 3 is 2.25 bits per heavy atom. The summed E-state index contributed by atoms with van der Waals surface area (Å²) in [4.78, 5) is 27.3. The molecule has 2 aromatic carbocycles. The van der Waals surface area contributed by atoms with E-state index in [2.05, 4.69) is 5.32 Å². The van der Waals surface area contributed by atoms with Crippen LogP contribution >= 0.6 is 0 Å². The minimum atomic E-state index is -0.523. The Morgan fingerprint density at radius 2 is 1.59 bits per heavy atom. The SMILES string of the molecule is CCNC(=O)[C@H](C)N(CCc1ccccc1)C(=O)CCc1ccc(OCC)c(OCC)c1. The number of aryl methyl sites for hydroxylation is 1. The molecule has 0 fully saturated rings. The van der Waals surface area contributed by atoms with E-state index >= 15 is 0 Å². The lowest BCUT2D eigenvalue weighted by atomic mass is 10.1. The standard InChI is InChI=1S/C26H36N2O4/c1-5-27-26(30)20(4)28(18-17-21-11-9-8-10-12-21)25(29)16-14-22-13-15-23(31-6-2)24(19-22)32-7-3/h8-13,15,19-20H,5-7,14,16-18H2,1-4H3,(H,27,30)/t20-/m0/s1. The number of nitrogens with one attached hydrogen (secondary N) is 1. The molecule has 1 N–H and O–H groups in total. The van der Waals surface area contributed by atoms with Gasteiger partial charge in [0.1, 0.15) is 6.04 Å². The fraction of sp³-hybridized carbons (Fsp3) is 0.462. The van der Waals surface area contributed by atoms with E-state index in [0.29, 0.717) is 57.1 Å². The summed E-state index contributed by atoms with van der Waals surface area (Å²) in [6.45, 7) is 9.67. The first-order chi connectivity index (χ1) is 15.5.